The lowest BCUT2D eigenvalue weighted by Crippen LogP contribution is -2.54. The minimum absolute atomic E-state index is 0.245. The number of hydrogen-bond donors (Lipinski definition) is 4. The molecular formula is C16H24N4O4S. The maximum Gasteiger partial charge on any atom is 0.312 e. The van der Waals surface area contributed by atoms with Gasteiger partial charge in [0, 0.05) is 0 Å². The Morgan fingerprint density at radius 2 is 1.84 bits per heavy atom. The average molecular weight is 368 g/mol. The smallest absolute Gasteiger partial charge is 0.312 e. The minimum Gasteiger partial charge on any atom is -0.483 e. The molecule has 0 saturated carbocycles. The number of hydrogen-bond acceptors (Lipinski definition) is 5. The molecule has 0 aliphatic carbocycles. The molecule has 1 aromatic carbocycles. The number of thioether (sulfide) groups is 1. The number of hydrazine groups is 1. The number of rotatable bonds is 8. The Morgan fingerprint density at radius 3 is 2.40 bits per heavy atom. The van der Waals surface area contributed by atoms with Gasteiger partial charge in [0.1, 0.15) is 11.8 Å². The van der Waals surface area contributed by atoms with Crippen LogP contribution in [0.15, 0.2) is 18.2 Å². The number of urea groups is 1. The zero-order valence-corrected chi connectivity index (χ0v) is 15.4. The van der Waals surface area contributed by atoms with Crippen LogP contribution in [0.4, 0.5) is 4.79 Å². The summed E-state index contributed by atoms with van der Waals surface area (Å²) in [7, 11) is 0. The largest absolute Gasteiger partial charge is 0.483 e. The summed E-state index contributed by atoms with van der Waals surface area (Å²) in [5, 5.41) is 2.34. The van der Waals surface area contributed by atoms with Crippen LogP contribution < -0.4 is 26.6 Å². The zero-order valence-electron chi connectivity index (χ0n) is 14.5. The number of nitrogens with two attached hydrogens (primary N) is 1. The Morgan fingerprint density at radius 1 is 1.20 bits per heavy atom. The van der Waals surface area contributed by atoms with Crippen LogP contribution in [0.2, 0.25) is 0 Å². The Bertz CT molecular complexity index is 604. The Hall–Kier alpha value is -2.42. The quantitative estimate of drug-likeness (QED) is 0.501. The molecule has 0 unspecified atom stereocenters. The van der Waals surface area contributed by atoms with Crippen LogP contribution in [0.25, 0.3) is 0 Å². The van der Waals surface area contributed by atoms with E-state index in [1.165, 1.54) is 11.8 Å². The predicted octanol–water partition coefficient (Wildman–Crippen LogP) is 0.620. The van der Waals surface area contributed by atoms with Gasteiger partial charge >= 0.3 is 6.03 Å². The van der Waals surface area contributed by atoms with Crippen molar-refractivity contribution in [2.75, 3.05) is 18.6 Å². The highest BCUT2D eigenvalue weighted by Crippen LogP contribution is 2.21. The summed E-state index contributed by atoms with van der Waals surface area (Å²) in [5.41, 5.74) is 11.4. The molecule has 0 aliphatic rings. The first-order valence-corrected chi connectivity index (χ1v) is 9.07. The van der Waals surface area contributed by atoms with Crippen molar-refractivity contribution in [3.63, 3.8) is 0 Å². The lowest BCUT2D eigenvalue weighted by atomic mass is 10.1. The van der Waals surface area contributed by atoms with Crippen LogP contribution in [0.5, 0.6) is 5.75 Å². The number of amides is 4. The molecule has 0 radical (unpaired) electrons. The van der Waals surface area contributed by atoms with E-state index < -0.39 is 23.9 Å². The van der Waals surface area contributed by atoms with Gasteiger partial charge in [0.25, 0.3) is 11.8 Å². The van der Waals surface area contributed by atoms with Crippen molar-refractivity contribution >= 4 is 29.6 Å². The average Bonchev–Trinajstić information content (AvgIpc) is 2.55. The highest BCUT2D eigenvalue weighted by atomic mass is 32.2. The molecule has 0 aromatic heterocycles. The summed E-state index contributed by atoms with van der Waals surface area (Å²) in [5.74, 6) is 0.228. The van der Waals surface area contributed by atoms with Gasteiger partial charge in [-0.25, -0.2) is 4.79 Å². The molecule has 1 atom stereocenters. The lowest BCUT2D eigenvalue weighted by molar-refractivity contribution is -0.130. The monoisotopic (exact) mass is 368 g/mol. The van der Waals surface area contributed by atoms with Gasteiger partial charge in [0.15, 0.2) is 6.61 Å². The molecule has 4 amide bonds. The summed E-state index contributed by atoms with van der Waals surface area (Å²) in [6.07, 6.45) is 2.27. The van der Waals surface area contributed by atoms with Crippen molar-refractivity contribution in [3.05, 3.63) is 29.3 Å². The number of para-hydroxylation sites is 1. The fraction of sp³-hybridized carbons (Fsp3) is 0.438. The van der Waals surface area contributed by atoms with Crippen LogP contribution in [-0.2, 0) is 9.59 Å². The summed E-state index contributed by atoms with van der Waals surface area (Å²) < 4.78 is 5.50. The third-order valence-electron chi connectivity index (χ3n) is 3.33. The topological polar surface area (TPSA) is 123 Å². The molecule has 0 heterocycles. The molecule has 1 aromatic rings. The second kappa shape index (κ2) is 10.4. The number of nitrogens with one attached hydrogen (secondary N) is 3. The molecule has 0 aliphatic heterocycles. The third-order valence-corrected chi connectivity index (χ3v) is 3.97. The van der Waals surface area contributed by atoms with Gasteiger partial charge in [-0.15, -0.1) is 0 Å². The standard InChI is InChI=1S/C16H24N4O4S/c1-10-5-4-6-11(2)14(10)24-9-13(21)19-20-15(22)12(7-8-25-3)18-16(17)23/h4-6,12H,7-9H2,1-3H3,(H,19,21)(H,20,22)(H3,17,18,23)/t12-/m0/s1. The van der Waals surface area contributed by atoms with Gasteiger partial charge in [-0.1, -0.05) is 18.2 Å². The first-order chi connectivity index (χ1) is 11.8. The van der Waals surface area contributed by atoms with Crippen molar-refractivity contribution in [3.8, 4) is 5.75 Å². The summed E-state index contributed by atoms with van der Waals surface area (Å²) >= 11 is 1.53. The Labute approximate surface area is 151 Å². The number of benzene rings is 1. The van der Waals surface area contributed by atoms with Crippen LogP contribution in [0, 0.1) is 13.8 Å². The maximum absolute atomic E-state index is 12.0. The number of carbonyl (C=O) groups is 3. The van der Waals surface area contributed by atoms with Gasteiger partial charge in [0.2, 0.25) is 0 Å². The molecule has 9 heteroatoms. The van der Waals surface area contributed by atoms with Gasteiger partial charge in [-0.2, -0.15) is 11.8 Å². The fourth-order valence-electron chi connectivity index (χ4n) is 2.10. The second-order valence-corrected chi connectivity index (χ2v) is 6.38. The van der Waals surface area contributed by atoms with Gasteiger partial charge in [-0.05, 0) is 43.4 Å². The predicted molar refractivity (Wildman–Crippen MR) is 97.2 cm³/mol. The van der Waals surface area contributed by atoms with E-state index in [-0.39, 0.29) is 6.61 Å². The Balaban J connectivity index is 2.48. The molecule has 1 rings (SSSR count). The second-order valence-electron chi connectivity index (χ2n) is 5.39. The zero-order chi connectivity index (χ0) is 18.8. The number of carbonyl (C=O) groups excluding carboxylic acids is 3. The highest BCUT2D eigenvalue weighted by molar-refractivity contribution is 7.98. The van der Waals surface area contributed by atoms with Crippen molar-refractivity contribution in [1.82, 2.24) is 16.2 Å². The summed E-state index contributed by atoms with van der Waals surface area (Å²) in [6.45, 7) is 3.52. The summed E-state index contributed by atoms with van der Waals surface area (Å²) in [4.78, 5) is 34.8. The SMILES string of the molecule is CSCC[C@H](NC(N)=O)C(=O)NNC(=O)COc1c(C)cccc1C. The van der Waals surface area contributed by atoms with E-state index in [0.29, 0.717) is 17.9 Å². The van der Waals surface area contributed by atoms with E-state index in [4.69, 9.17) is 10.5 Å². The molecule has 8 nitrogen and oxygen atoms in total. The molecule has 0 bridgehead atoms. The van der Waals surface area contributed by atoms with E-state index in [9.17, 15) is 14.4 Å². The van der Waals surface area contributed by atoms with Crippen molar-refractivity contribution < 1.29 is 19.1 Å². The van der Waals surface area contributed by atoms with Gasteiger partial charge < -0.3 is 15.8 Å². The first kappa shape index (κ1) is 20.6. The van der Waals surface area contributed by atoms with E-state index in [1.54, 1.807) is 0 Å². The minimum atomic E-state index is -0.815. The molecular weight excluding hydrogens is 344 g/mol. The van der Waals surface area contributed by atoms with Crippen LogP contribution in [0.3, 0.4) is 0 Å². The number of ether oxygens (including phenoxy) is 1. The van der Waals surface area contributed by atoms with Gasteiger partial charge in [0.05, 0.1) is 0 Å². The normalized spacial score (nSPS) is 11.3. The highest BCUT2D eigenvalue weighted by Gasteiger charge is 2.20. The van der Waals surface area contributed by atoms with Crippen molar-refractivity contribution in [2.24, 2.45) is 5.73 Å². The Kier molecular flexibility index (Phi) is 8.62. The van der Waals surface area contributed by atoms with Crippen molar-refractivity contribution in [1.29, 1.82) is 0 Å². The maximum atomic E-state index is 12.0. The van der Waals surface area contributed by atoms with Crippen LogP contribution in [-0.4, -0.2) is 42.5 Å². The molecule has 0 saturated heterocycles. The van der Waals surface area contributed by atoms with E-state index in [2.05, 4.69) is 16.2 Å². The molecule has 5 N–H and O–H groups in total. The molecule has 0 fully saturated rings. The molecule has 0 spiro atoms. The lowest BCUT2D eigenvalue weighted by Gasteiger charge is -2.17. The fourth-order valence-corrected chi connectivity index (χ4v) is 2.57. The van der Waals surface area contributed by atoms with Crippen LogP contribution >= 0.6 is 11.8 Å². The third kappa shape index (κ3) is 7.34. The summed E-state index contributed by atoms with van der Waals surface area (Å²) in [6, 6.07) is 4.05. The number of aryl methyl sites for hydroxylation is 2. The first-order valence-electron chi connectivity index (χ1n) is 7.67. The van der Waals surface area contributed by atoms with E-state index in [0.717, 1.165) is 11.1 Å². The van der Waals surface area contributed by atoms with Crippen LogP contribution in [0.1, 0.15) is 17.5 Å². The van der Waals surface area contributed by atoms with E-state index >= 15 is 0 Å². The molecule has 25 heavy (non-hydrogen) atoms. The van der Waals surface area contributed by atoms with Crippen molar-refractivity contribution in [2.45, 2.75) is 26.3 Å². The molecule has 138 valence electrons. The number of primary amides is 1. The van der Waals surface area contributed by atoms with Gasteiger partial charge in [-0.3, -0.25) is 20.4 Å². The van der Waals surface area contributed by atoms with E-state index in [1.807, 2.05) is 38.3 Å².